The van der Waals surface area contributed by atoms with Crippen molar-refractivity contribution in [3.63, 3.8) is 0 Å². The normalized spacial score (nSPS) is 10.8. The number of rotatable bonds is 2. The molecule has 0 fully saturated rings. The molecule has 2 rings (SSSR count). The largest absolute Gasteiger partial charge is 0.396 e. The molecule has 0 atom stereocenters. The second-order valence-corrected chi connectivity index (χ2v) is 2.71. The summed E-state index contributed by atoms with van der Waals surface area (Å²) in [6, 6.07) is 5.95. The first-order valence-electron chi connectivity index (χ1n) is 3.93. The van der Waals surface area contributed by atoms with E-state index in [0.717, 1.165) is 11.1 Å². The van der Waals surface area contributed by atoms with Gasteiger partial charge in [0.15, 0.2) is 0 Å². The Bertz CT molecular complexity index is 381. The van der Waals surface area contributed by atoms with E-state index in [0.29, 0.717) is 6.42 Å². The molecule has 0 aliphatic rings. The summed E-state index contributed by atoms with van der Waals surface area (Å²) in [5.41, 5.74) is 2.19. The predicted octanol–water partition coefficient (Wildman–Crippen LogP) is 0.869. The van der Waals surface area contributed by atoms with E-state index in [1.807, 2.05) is 28.9 Å². The molecule has 0 radical (unpaired) electrons. The lowest BCUT2D eigenvalue weighted by atomic mass is 10.2. The van der Waals surface area contributed by atoms with E-state index in [1.165, 1.54) is 0 Å². The summed E-state index contributed by atoms with van der Waals surface area (Å²) in [5.74, 6) is 0. The van der Waals surface area contributed by atoms with Crippen molar-refractivity contribution in [2.75, 3.05) is 6.61 Å². The molecule has 3 nitrogen and oxygen atoms in total. The Kier molecular flexibility index (Phi) is 1.80. The topological polar surface area (TPSA) is 37.5 Å². The maximum Gasteiger partial charge on any atom is 0.0661 e. The van der Waals surface area contributed by atoms with Gasteiger partial charge in [-0.3, -0.25) is 0 Å². The van der Waals surface area contributed by atoms with E-state index in [4.69, 9.17) is 5.11 Å². The summed E-state index contributed by atoms with van der Waals surface area (Å²) in [5, 5.41) is 12.8. The van der Waals surface area contributed by atoms with Crippen molar-refractivity contribution < 1.29 is 5.11 Å². The molecule has 0 amide bonds. The second-order valence-electron chi connectivity index (χ2n) is 2.71. The van der Waals surface area contributed by atoms with E-state index in [9.17, 15) is 0 Å². The van der Waals surface area contributed by atoms with Crippen molar-refractivity contribution in [2.45, 2.75) is 6.42 Å². The Morgan fingerprint density at radius 3 is 3.08 bits per heavy atom. The van der Waals surface area contributed by atoms with Crippen LogP contribution >= 0.6 is 0 Å². The van der Waals surface area contributed by atoms with Gasteiger partial charge in [0.2, 0.25) is 0 Å². The van der Waals surface area contributed by atoms with Crippen LogP contribution < -0.4 is 0 Å². The summed E-state index contributed by atoms with van der Waals surface area (Å²) in [7, 11) is 0. The van der Waals surface area contributed by atoms with Crippen molar-refractivity contribution in [3.05, 3.63) is 36.2 Å². The number of aliphatic hydroxyl groups excluding tert-OH is 1. The Morgan fingerprint density at radius 2 is 2.25 bits per heavy atom. The number of fused-ring (bicyclic) bond motifs is 1. The highest BCUT2D eigenvalue weighted by molar-refractivity contribution is 5.45. The Hall–Kier alpha value is -1.35. The first-order chi connectivity index (χ1) is 5.90. The summed E-state index contributed by atoms with van der Waals surface area (Å²) < 4.78 is 1.81. The molecule has 62 valence electrons. The van der Waals surface area contributed by atoms with Gasteiger partial charge in [0.1, 0.15) is 0 Å². The van der Waals surface area contributed by atoms with Crippen LogP contribution in [-0.4, -0.2) is 21.3 Å². The number of aromatic nitrogens is 2. The fraction of sp³-hybridized carbons (Fsp3) is 0.222. The standard InChI is InChI=1S/C9H10N2O/c12-6-4-8-1-2-9-3-5-10-11(9)7-8/h1-3,5,7,12H,4,6H2. The molecule has 0 unspecified atom stereocenters. The minimum Gasteiger partial charge on any atom is -0.396 e. The fourth-order valence-electron chi connectivity index (χ4n) is 1.23. The van der Waals surface area contributed by atoms with Crippen LogP contribution in [0.15, 0.2) is 30.6 Å². The van der Waals surface area contributed by atoms with Gasteiger partial charge in [-0.2, -0.15) is 5.10 Å². The second kappa shape index (κ2) is 2.95. The van der Waals surface area contributed by atoms with Crippen LogP contribution in [0.2, 0.25) is 0 Å². The lowest BCUT2D eigenvalue weighted by Crippen LogP contribution is -1.94. The third-order valence-corrected chi connectivity index (χ3v) is 1.86. The van der Waals surface area contributed by atoms with Gasteiger partial charge in [0.25, 0.3) is 0 Å². The van der Waals surface area contributed by atoms with Crippen LogP contribution in [0.1, 0.15) is 5.56 Å². The maximum atomic E-state index is 8.71. The fourth-order valence-corrected chi connectivity index (χ4v) is 1.23. The quantitative estimate of drug-likeness (QED) is 0.711. The van der Waals surface area contributed by atoms with Crippen LogP contribution in [0, 0.1) is 0 Å². The van der Waals surface area contributed by atoms with Gasteiger partial charge in [-0.15, -0.1) is 0 Å². The summed E-state index contributed by atoms with van der Waals surface area (Å²) >= 11 is 0. The van der Waals surface area contributed by atoms with Crippen LogP contribution in [0.3, 0.4) is 0 Å². The molecule has 3 heteroatoms. The zero-order valence-corrected chi connectivity index (χ0v) is 6.64. The first-order valence-corrected chi connectivity index (χ1v) is 3.93. The lowest BCUT2D eigenvalue weighted by molar-refractivity contribution is 0.299. The molecule has 0 aliphatic heterocycles. The van der Waals surface area contributed by atoms with Crippen LogP contribution in [-0.2, 0) is 6.42 Å². The van der Waals surface area contributed by atoms with E-state index in [2.05, 4.69) is 5.10 Å². The number of aliphatic hydroxyl groups is 1. The Labute approximate surface area is 70.3 Å². The van der Waals surface area contributed by atoms with Crippen LogP contribution in [0.25, 0.3) is 5.52 Å². The molecule has 2 aromatic heterocycles. The molecule has 0 saturated heterocycles. The highest BCUT2D eigenvalue weighted by Gasteiger charge is 1.94. The smallest absolute Gasteiger partial charge is 0.0661 e. The maximum absolute atomic E-state index is 8.71. The van der Waals surface area contributed by atoms with Crippen molar-refractivity contribution in [2.24, 2.45) is 0 Å². The molecule has 12 heavy (non-hydrogen) atoms. The molecular formula is C9H10N2O. The van der Waals surface area contributed by atoms with E-state index >= 15 is 0 Å². The minimum absolute atomic E-state index is 0.187. The number of hydrogen-bond donors (Lipinski definition) is 1. The zero-order chi connectivity index (χ0) is 8.39. The molecule has 0 saturated carbocycles. The molecule has 2 aromatic rings. The molecular weight excluding hydrogens is 152 g/mol. The highest BCUT2D eigenvalue weighted by atomic mass is 16.2. The van der Waals surface area contributed by atoms with Crippen LogP contribution in [0.4, 0.5) is 0 Å². The molecule has 0 spiro atoms. The molecule has 1 N–H and O–H groups in total. The minimum atomic E-state index is 0.187. The summed E-state index contributed by atoms with van der Waals surface area (Å²) in [4.78, 5) is 0. The van der Waals surface area contributed by atoms with Gasteiger partial charge < -0.3 is 5.11 Å². The van der Waals surface area contributed by atoms with E-state index < -0.39 is 0 Å². The number of pyridine rings is 1. The summed E-state index contributed by atoms with van der Waals surface area (Å²) in [6.45, 7) is 0.187. The van der Waals surface area contributed by atoms with Crippen molar-refractivity contribution in [3.8, 4) is 0 Å². The SMILES string of the molecule is OCCc1ccc2ccnn2c1. The van der Waals surface area contributed by atoms with Gasteiger partial charge in [-0.05, 0) is 24.1 Å². The predicted molar refractivity (Wildman–Crippen MR) is 46.0 cm³/mol. The number of nitrogens with zero attached hydrogens (tertiary/aromatic N) is 2. The first kappa shape index (κ1) is 7.31. The molecule has 0 aliphatic carbocycles. The monoisotopic (exact) mass is 162 g/mol. The third kappa shape index (κ3) is 1.19. The molecule has 0 bridgehead atoms. The Morgan fingerprint density at radius 1 is 1.33 bits per heavy atom. The van der Waals surface area contributed by atoms with Gasteiger partial charge in [-0.25, -0.2) is 4.52 Å². The molecule has 0 aromatic carbocycles. The lowest BCUT2D eigenvalue weighted by Gasteiger charge is -1.98. The average molecular weight is 162 g/mol. The molecule has 2 heterocycles. The van der Waals surface area contributed by atoms with Gasteiger partial charge >= 0.3 is 0 Å². The van der Waals surface area contributed by atoms with Gasteiger partial charge in [0, 0.05) is 19.0 Å². The van der Waals surface area contributed by atoms with E-state index in [1.54, 1.807) is 6.20 Å². The Balaban J connectivity index is 2.46. The van der Waals surface area contributed by atoms with E-state index in [-0.39, 0.29) is 6.61 Å². The summed E-state index contributed by atoms with van der Waals surface area (Å²) in [6.07, 6.45) is 4.39. The van der Waals surface area contributed by atoms with Gasteiger partial charge in [-0.1, -0.05) is 6.07 Å². The average Bonchev–Trinajstić information content (AvgIpc) is 2.51. The van der Waals surface area contributed by atoms with Crippen molar-refractivity contribution in [1.29, 1.82) is 0 Å². The zero-order valence-electron chi connectivity index (χ0n) is 6.64. The highest BCUT2D eigenvalue weighted by Crippen LogP contribution is 2.05. The number of hydrogen-bond acceptors (Lipinski definition) is 2. The van der Waals surface area contributed by atoms with Gasteiger partial charge in [0.05, 0.1) is 5.52 Å². The van der Waals surface area contributed by atoms with Crippen molar-refractivity contribution >= 4 is 5.52 Å². The third-order valence-electron chi connectivity index (χ3n) is 1.86. The van der Waals surface area contributed by atoms with Crippen LogP contribution in [0.5, 0.6) is 0 Å². The van der Waals surface area contributed by atoms with Crippen molar-refractivity contribution in [1.82, 2.24) is 9.61 Å².